The molecule has 0 amide bonds. The molecule has 6 rings (SSSR count). The maximum Gasteiger partial charge on any atom is 0.394 e. The molecule has 6 aromatic rings. The third kappa shape index (κ3) is 4.56. The average molecular weight is 559 g/mol. The summed E-state index contributed by atoms with van der Waals surface area (Å²) < 4.78 is 47.0. The molecule has 0 unspecified atom stereocenters. The first kappa shape index (κ1) is 26.5. The van der Waals surface area contributed by atoms with Crippen LogP contribution in [0.2, 0.25) is 0 Å². The highest BCUT2D eigenvalue weighted by atomic mass is 32.1. The van der Waals surface area contributed by atoms with E-state index in [1.54, 1.807) is 17.4 Å². The van der Waals surface area contributed by atoms with Gasteiger partial charge in [-0.2, -0.15) is 13.2 Å². The van der Waals surface area contributed by atoms with Crippen molar-refractivity contribution < 1.29 is 17.6 Å². The molecule has 0 aliphatic rings. The fraction of sp³-hybridized carbons (Fsp3) is 0.273. The first-order chi connectivity index (χ1) is 18.8. The lowest BCUT2D eigenvalue weighted by atomic mass is 9.82. The first-order valence-electron chi connectivity index (χ1n) is 13.2. The van der Waals surface area contributed by atoms with Gasteiger partial charge in [0.25, 0.3) is 0 Å². The van der Waals surface area contributed by atoms with Gasteiger partial charge in [-0.05, 0) is 63.0 Å². The minimum atomic E-state index is -4.35. The van der Waals surface area contributed by atoms with Crippen LogP contribution in [0.5, 0.6) is 0 Å². The number of fused-ring (bicyclic) bond motifs is 3. The molecular formula is C33H29F3N2OS. The number of oxazole rings is 1. The molecule has 0 aliphatic heterocycles. The molecule has 0 saturated carbocycles. The van der Waals surface area contributed by atoms with Gasteiger partial charge in [0, 0.05) is 29.1 Å². The monoisotopic (exact) mass is 558 g/mol. The quantitative estimate of drug-likeness (QED) is 0.216. The molecule has 3 heterocycles. The lowest BCUT2D eigenvalue weighted by Crippen LogP contribution is -2.34. The summed E-state index contributed by atoms with van der Waals surface area (Å²) in [5, 5.41) is 5.61. The van der Waals surface area contributed by atoms with Crippen LogP contribution in [0.1, 0.15) is 46.1 Å². The number of thiophene rings is 1. The van der Waals surface area contributed by atoms with Crippen molar-refractivity contribution in [1.29, 1.82) is 0 Å². The topological polar surface area (TPSA) is 38.9 Å². The van der Waals surface area contributed by atoms with Crippen LogP contribution in [-0.4, -0.2) is 16.1 Å². The molecule has 3 aromatic carbocycles. The van der Waals surface area contributed by atoms with E-state index in [2.05, 4.69) is 67.5 Å². The highest BCUT2D eigenvalue weighted by Gasteiger charge is 2.48. The summed E-state index contributed by atoms with van der Waals surface area (Å²) in [5.74, 6) is 0.0853. The predicted molar refractivity (Wildman–Crippen MR) is 158 cm³/mol. The summed E-state index contributed by atoms with van der Waals surface area (Å²) in [6.07, 6.45) is -2.83. The predicted octanol–water partition coefficient (Wildman–Crippen LogP) is 10.4. The van der Waals surface area contributed by atoms with E-state index in [-0.39, 0.29) is 17.7 Å². The van der Waals surface area contributed by atoms with Crippen molar-refractivity contribution in [3.05, 3.63) is 83.7 Å². The number of pyridine rings is 1. The Morgan fingerprint density at radius 1 is 0.850 bits per heavy atom. The Morgan fingerprint density at radius 3 is 2.38 bits per heavy atom. The summed E-state index contributed by atoms with van der Waals surface area (Å²) in [6.45, 7) is 9.01. The number of nitrogens with zero attached hydrogens (tertiary/aromatic N) is 2. The number of halogens is 3. The number of alkyl halides is 3. The van der Waals surface area contributed by atoms with Gasteiger partial charge in [0.05, 0.1) is 15.8 Å². The maximum absolute atomic E-state index is 13.4. The van der Waals surface area contributed by atoms with E-state index in [0.29, 0.717) is 11.1 Å². The van der Waals surface area contributed by atoms with E-state index in [1.165, 1.54) is 16.3 Å². The molecule has 0 aliphatic carbocycles. The second-order valence-electron chi connectivity index (χ2n) is 12.0. The van der Waals surface area contributed by atoms with Crippen molar-refractivity contribution >= 4 is 43.3 Å². The zero-order chi connectivity index (χ0) is 28.4. The fourth-order valence-electron chi connectivity index (χ4n) is 5.15. The van der Waals surface area contributed by atoms with Gasteiger partial charge in [-0.1, -0.05) is 65.0 Å². The van der Waals surface area contributed by atoms with Crippen molar-refractivity contribution in [3.63, 3.8) is 0 Å². The Kier molecular flexibility index (Phi) is 6.07. The molecule has 7 heteroatoms. The van der Waals surface area contributed by atoms with Crippen LogP contribution in [0.15, 0.2) is 76.7 Å². The Balaban J connectivity index is 1.43. The second-order valence-corrected chi connectivity index (χ2v) is 12.9. The third-order valence-electron chi connectivity index (χ3n) is 7.54. The van der Waals surface area contributed by atoms with E-state index in [1.807, 2.05) is 24.4 Å². The van der Waals surface area contributed by atoms with Gasteiger partial charge in [0.1, 0.15) is 5.52 Å². The van der Waals surface area contributed by atoms with Crippen LogP contribution in [0, 0.1) is 5.41 Å². The summed E-state index contributed by atoms with van der Waals surface area (Å²) in [7, 11) is 0. The molecule has 40 heavy (non-hydrogen) atoms. The Labute approximate surface area is 234 Å². The summed E-state index contributed by atoms with van der Waals surface area (Å²) in [6, 6.07) is 20.5. The Bertz CT molecular complexity index is 1890. The number of aromatic nitrogens is 2. The molecular weight excluding hydrogens is 529 g/mol. The highest BCUT2D eigenvalue weighted by Crippen LogP contribution is 2.43. The maximum atomic E-state index is 13.4. The van der Waals surface area contributed by atoms with Crippen molar-refractivity contribution in [3.8, 4) is 22.4 Å². The summed E-state index contributed by atoms with van der Waals surface area (Å²) >= 11 is 1.64. The summed E-state index contributed by atoms with van der Waals surface area (Å²) in [5.41, 5.74) is 4.30. The van der Waals surface area contributed by atoms with Gasteiger partial charge in [0.15, 0.2) is 11.5 Å². The van der Waals surface area contributed by atoms with E-state index < -0.39 is 11.6 Å². The SMILES string of the molecule is CC(C)(C)c1cc(-c2nccc3c(-c4ccc5oc(CC(C)(C)C(F)(F)F)nc5c4)csc23)cc2ccccc12. The number of rotatable bonds is 4. The number of hydrogen-bond donors (Lipinski definition) is 0. The van der Waals surface area contributed by atoms with E-state index in [9.17, 15) is 13.2 Å². The van der Waals surface area contributed by atoms with Gasteiger partial charge < -0.3 is 4.42 Å². The summed E-state index contributed by atoms with van der Waals surface area (Å²) in [4.78, 5) is 9.23. The lowest BCUT2D eigenvalue weighted by Gasteiger charge is -2.25. The van der Waals surface area contributed by atoms with E-state index in [4.69, 9.17) is 9.40 Å². The second kappa shape index (κ2) is 9.16. The smallest absolute Gasteiger partial charge is 0.394 e. The van der Waals surface area contributed by atoms with Gasteiger partial charge in [-0.3, -0.25) is 4.98 Å². The zero-order valence-electron chi connectivity index (χ0n) is 23.0. The van der Waals surface area contributed by atoms with Crippen LogP contribution < -0.4 is 0 Å². The van der Waals surface area contributed by atoms with Gasteiger partial charge in [-0.25, -0.2) is 4.98 Å². The number of hydrogen-bond acceptors (Lipinski definition) is 4. The molecule has 3 aromatic heterocycles. The van der Waals surface area contributed by atoms with E-state index in [0.717, 1.165) is 46.3 Å². The molecule has 0 saturated heterocycles. The highest BCUT2D eigenvalue weighted by molar-refractivity contribution is 7.18. The molecule has 0 N–H and O–H groups in total. The standard InChI is InChI=1S/C33H29F3N2OS/c1-31(2,3)25-15-21(14-19-8-6-7-9-22(19)25)29-30-23(12-13-37-29)24(18-40-30)20-10-11-27-26(16-20)38-28(39-27)17-32(4,5)33(34,35)36/h6-16,18H,17H2,1-5H3. The normalized spacial score (nSPS) is 13.1. The molecule has 0 spiro atoms. The van der Waals surface area contributed by atoms with Crippen LogP contribution in [-0.2, 0) is 11.8 Å². The zero-order valence-corrected chi connectivity index (χ0v) is 23.8. The molecule has 3 nitrogen and oxygen atoms in total. The van der Waals surface area contributed by atoms with Crippen LogP contribution in [0.3, 0.4) is 0 Å². The van der Waals surface area contributed by atoms with Crippen molar-refractivity contribution in [2.45, 2.75) is 52.6 Å². The first-order valence-corrected chi connectivity index (χ1v) is 14.1. The molecule has 0 fully saturated rings. The van der Waals surface area contributed by atoms with Gasteiger partial charge in [-0.15, -0.1) is 11.3 Å². The van der Waals surface area contributed by atoms with Crippen LogP contribution in [0.25, 0.3) is 54.3 Å². The minimum absolute atomic E-state index is 0.0364. The van der Waals surface area contributed by atoms with Crippen molar-refractivity contribution in [1.82, 2.24) is 9.97 Å². The molecule has 0 atom stereocenters. The lowest BCUT2D eigenvalue weighted by molar-refractivity contribution is -0.212. The average Bonchev–Trinajstić information content (AvgIpc) is 3.49. The molecule has 204 valence electrons. The fourth-order valence-corrected chi connectivity index (χ4v) is 6.24. The van der Waals surface area contributed by atoms with Crippen LogP contribution >= 0.6 is 11.3 Å². The van der Waals surface area contributed by atoms with Gasteiger partial charge in [0.2, 0.25) is 0 Å². The van der Waals surface area contributed by atoms with Gasteiger partial charge >= 0.3 is 6.18 Å². The van der Waals surface area contributed by atoms with Crippen molar-refractivity contribution in [2.24, 2.45) is 5.41 Å². The number of benzene rings is 3. The largest absolute Gasteiger partial charge is 0.441 e. The minimum Gasteiger partial charge on any atom is -0.441 e. The van der Waals surface area contributed by atoms with E-state index >= 15 is 0 Å². The van der Waals surface area contributed by atoms with Crippen LogP contribution in [0.4, 0.5) is 13.2 Å². The molecule has 0 bridgehead atoms. The van der Waals surface area contributed by atoms with Crippen molar-refractivity contribution in [2.75, 3.05) is 0 Å². The molecule has 0 radical (unpaired) electrons. The Morgan fingerprint density at radius 2 is 1.62 bits per heavy atom. The third-order valence-corrected chi connectivity index (χ3v) is 8.54. The Hall–Kier alpha value is -3.71.